The van der Waals surface area contributed by atoms with Crippen LogP contribution in [0.25, 0.3) is 0 Å². The molecule has 7 heteroatoms. The van der Waals surface area contributed by atoms with Gasteiger partial charge in [0, 0.05) is 22.3 Å². The molecule has 1 atom stereocenters. The maximum Gasteiger partial charge on any atom is 0.321 e. The van der Waals surface area contributed by atoms with Gasteiger partial charge in [-0.15, -0.1) is 0 Å². The van der Waals surface area contributed by atoms with Crippen LogP contribution < -0.4 is 21.3 Å². The van der Waals surface area contributed by atoms with E-state index in [4.69, 9.17) is 0 Å². The van der Waals surface area contributed by atoms with Gasteiger partial charge in [0.2, 0.25) is 11.8 Å². The Balaban J connectivity index is 2.59. The number of anilines is 2. The SMILES string of the molecule is CC(Nc1ccc(NC(=O)C(C)(C)C)cc1)C(=O)NC(=O)NC(C)(C)C. The third-order valence-corrected chi connectivity index (χ3v) is 3.33. The molecule has 0 aliphatic rings. The summed E-state index contributed by atoms with van der Waals surface area (Å²) in [6.45, 7) is 12.7. The van der Waals surface area contributed by atoms with Gasteiger partial charge >= 0.3 is 6.03 Å². The van der Waals surface area contributed by atoms with Crippen molar-refractivity contribution in [1.29, 1.82) is 0 Å². The van der Waals surface area contributed by atoms with Crippen molar-refractivity contribution in [1.82, 2.24) is 10.6 Å². The second-order valence-electron chi connectivity index (χ2n) is 8.34. The zero-order valence-corrected chi connectivity index (χ0v) is 16.6. The average Bonchev–Trinajstić information content (AvgIpc) is 2.46. The second kappa shape index (κ2) is 8.21. The number of nitrogens with one attached hydrogen (secondary N) is 4. The van der Waals surface area contributed by atoms with Gasteiger partial charge in [0.25, 0.3) is 0 Å². The van der Waals surface area contributed by atoms with Crippen molar-refractivity contribution in [2.45, 2.75) is 60.0 Å². The summed E-state index contributed by atoms with van der Waals surface area (Å²) < 4.78 is 0. The van der Waals surface area contributed by atoms with Crippen molar-refractivity contribution >= 4 is 29.2 Å². The van der Waals surface area contributed by atoms with Gasteiger partial charge in [0.15, 0.2) is 0 Å². The minimum atomic E-state index is -0.601. The first-order valence-corrected chi connectivity index (χ1v) is 8.59. The van der Waals surface area contributed by atoms with Crippen LogP contribution in [0.2, 0.25) is 0 Å². The summed E-state index contributed by atoms with van der Waals surface area (Å²) in [7, 11) is 0. The smallest absolute Gasteiger partial charge is 0.321 e. The highest BCUT2D eigenvalue weighted by atomic mass is 16.2. The lowest BCUT2D eigenvalue weighted by Crippen LogP contribution is -2.51. The Bertz CT molecular complexity index is 655. The van der Waals surface area contributed by atoms with Crippen LogP contribution in [-0.4, -0.2) is 29.4 Å². The number of rotatable bonds is 4. The van der Waals surface area contributed by atoms with Gasteiger partial charge in [-0.25, -0.2) is 4.79 Å². The van der Waals surface area contributed by atoms with E-state index in [9.17, 15) is 14.4 Å². The molecule has 1 aromatic carbocycles. The van der Waals surface area contributed by atoms with Gasteiger partial charge < -0.3 is 16.0 Å². The Kier molecular flexibility index (Phi) is 6.78. The lowest BCUT2D eigenvalue weighted by Gasteiger charge is -2.21. The number of carbonyl (C=O) groups excluding carboxylic acids is 3. The predicted octanol–water partition coefficient (Wildman–Crippen LogP) is 3.10. The van der Waals surface area contributed by atoms with Gasteiger partial charge in [-0.2, -0.15) is 0 Å². The van der Waals surface area contributed by atoms with Crippen LogP contribution in [0.1, 0.15) is 48.5 Å². The molecule has 0 spiro atoms. The number of amides is 4. The third-order valence-electron chi connectivity index (χ3n) is 3.33. The van der Waals surface area contributed by atoms with Gasteiger partial charge in [-0.1, -0.05) is 20.8 Å². The van der Waals surface area contributed by atoms with Crippen LogP contribution in [0, 0.1) is 5.41 Å². The number of carbonyl (C=O) groups is 3. The van der Waals surface area contributed by atoms with Crippen molar-refractivity contribution in [2.24, 2.45) is 5.41 Å². The fraction of sp³-hybridized carbons (Fsp3) is 0.526. The molecule has 0 aromatic heterocycles. The molecule has 4 amide bonds. The molecule has 1 unspecified atom stereocenters. The second-order valence-corrected chi connectivity index (χ2v) is 8.34. The first-order valence-electron chi connectivity index (χ1n) is 8.59. The minimum absolute atomic E-state index is 0.0733. The van der Waals surface area contributed by atoms with Crippen molar-refractivity contribution in [3.05, 3.63) is 24.3 Å². The maximum atomic E-state index is 12.1. The molecular weight excluding hydrogens is 332 g/mol. The molecule has 0 heterocycles. The number of urea groups is 1. The summed E-state index contributed by atoms with van der Waals surface area (Å²) in [5.41, 5.74) is 0.487. The number of imide groups is 1. The zero-order chi connectivity index (χ0) is 20.1. The Morgan fingerprint density at radius 3 is 1.85 bits per heavy atom. The monoisotopic (exact) mass is 362 g/mol. The molecule has 0 radical (unpaired) electrons. The van der Waals surface area contributed by atoms with Gasteiger partial charge in [-0.3, -0.25) is 14.9 Å². The summed E-state index contributed by atoms with van der Waals surface area (Å²) >= 11 is 0. The van der Waals surface area contributed by atoms with Crippen LogP contribution >= 0.6 is 0 Å². The molecule has 0 saturated carbocycles. The number of hydrogen-bond acceptors (Lipinski definition) is 4. The van der Waals surface area contributed by atoms with E-state index in [1.165, 1.54) is 0 Å². The molecule has 144 valence electrons. The molecule has 0 fully saturated rings. The summed E-state index contributed by atoms with van der Waals surface area (Å²) in [5.74, 6) is -0.507. The lowest BCUT2D eigenvalue weighted by molar-refractivity contribution is -0.123. The van der Waals surface area contributed by atoms with Crippen LogP contribution in [0.5, 0.6) is 0 Å². The molecule has 0 saturated heterocycles. The van der Waals surface area contributed by atoms with E-state index in [0.717, 1.165) is 0 Å². The molecule has 1 aromatic rings. The van der Waals surface area contributed by atoms with E-state index in [0.29, 0.717) is 11.4 Å². The normalized spacial score (nSPS) is 12.7. The van der Waals surface area contributed by atoms with Crippen molar-refractivity contribution in [3.63, 3.8) is 0 Å². The number of benzene rings is 1. The minimum Gasteiger partial charge on any atom is -0.374 e. The van der Waals surface area contributed by atoms with Crippen molar-refractivity contribution < 1.29 is 14.4 Å². The largest absolute Gasteiger partial charge is 0.374 e. The topological polar surface area (TPSA) is 99.3 Å². The molecule has 1 rings (SSSR count). The fourth-order valence-corrected chi connectivity index (χ4v) is 1.88. The van der Waals surface area contributed by atoms with E-state index >= 15 is 0 Å². The van der Waals surface area contributed by atoms with Gasteiger partial charge in [0.1, 0.15) is 6.04 Å². The summed E-state index contributed by atoms with van der Waals surface area (Å²) in [5, 5.41) is 10.8. The van der Waals surface area contributed by atoms with E-state index in [1.807, 2.05) is 41.5 Å². The number of hydrogen-bond donors (Lipinski definition) is 4. The third kappa shape index (κ3) is 7.55. The van der Waals surface area contributed by atoms with Crippen LogP contribution in [0.4, 0.5) is 16.2 Å². The fourth-order valence-electron chi connectivity index (χ4n) is 1.88. The average molecular weight is 362 g/mol. The molecule has 0 bridgehead atoms. The van der Waals surface area contributed by atoms with E-state index in [-0.39, 0.29) is 5.91 Å². The summed E-state index contributed by atoms with van der Waals surface area (Å²) in [4.78, 5) is 35.8. The Morgan fingerprint density at radius 1 is 0.885 bits per heavy atom. The van der Waals surface area contributed by atoms with Crippen LogP contribution in [0.3, 0.4) is 0 Å². The highest BCUT2D eigenvalue weighted by Crippen LogP contribution is 2.19. The molecule has 26 heavy (non-hydrogen) atoms. The lowest BCUT2D eigenvalue weighted by atomic mass is 9.95. The van der Waals surface area contributed by atoms with Gasteiger partial charge in [0.05, 0.1) is 0 Å². The highest BCUT2D eigenvalue weighted by Gasteiger charge is 2.21. The molecule has 0 aliphatic heterocycles. The summed E-state index contributed by atoms with van der Waals surface area (Å²) in [6, 6.07) is 5.90. The zero-order valence-electron chi connectivity index (χ0n) is 16.6. The van der Waals surface area contributed by atoms with E-state index in [1.54, 1.807) is 31.2 Å². The van der Waals surface area contributed by atoms with Crippen LogP contribution in [-0.2, 0) is 9.59 Å². The molecule has 4 N–H and O–H groups in total. The molecule has 7 nitrogen and oxygen atoms in total. The maximum absolute atomic E-state index is 12.1. The molecule has 0 aliphatic carbocycles. The Morgan fingerprint density at radius 2 is 1.38 bits per heavy atom. The highest BCUT2D eigenvalue weighted by molar-refractivity contribution is 5.98. The first kappa shape index (κ1) is 21.5. The van der Waals surface area contributed by atoms with Crippen LogP contribution in [0.15, 0.2) is 24.3 Å². The Hall–Kier alpha value is -2.57. The van der Waals surface area contributed by atoms with Crippen molar-refractivity contribution in [2.75, 3.05) is 10.6 Å². The summed E-state index contributed by atoms with van der Waals surface area (Å²) in [6.07, 6.45) is 0. The van der Waals surface area contributed by atoms with E-state index in [2.05, 4.69) is 21.3 Å². The molecular formula is C19H30N4O3. The standard InChI is InChI=1S/C19H30N4O3/c1-12(15(24)22-17(26)23-19(5,6)7)20-13-8-10-14(11-9-13)21-16(25)18(2,3)4/h8-12,20H,1-7H3,(H,21,25)(H2,22,23,24,26). The quantitative estimate of drug-likeness (QED) is 0.661. The first-order chi connectivity index (χ1) is 11.8. The van der Waals surface area contributed by atoms with Crippen molar-refractivity contribution in [3.8, 4) is 0 Å². The van der Waals surface area contributed by atoms with E-state index < -0.39 is 28.9 Å². The predicted molar refractivity (Wildman–Crippen MR) is 104 cm³/mol. The van der Waals surface area contributed by atoms with Gasteiger partial charge in [-0.05, 0) is 52.0 Å². The Labute approximate surface area is 155 Å².